The first-order valence-corrected chi connectivity index (χ1v) is 5.10. The zero-order chi connectivity index (χ0) is 11.4. The Hall–Kier alpha value is -1.79. The number of nitrogens with two attached hydrogens (primary N) is 1. The molecule has 0 saturated heterocycles. The largest absolute Gasteiger partial charge is 0.334 e. The lowest BCUT2D eigenvalue weighted by Gasteiger charge is -2.16. The van der Waals surface area contributed by atoms with E-state index in [1.165, 1.54) is 0 Å². The Bertz CT molecular complexity index is 438. The summed E-state index contributed by atoms with van der Waals surface area (Å²) in [5.41, 5.74) is 3.69. The van der Waals surface area contributed by atoms with Crippen molar-refractivity contribution >= 4 is 0 Å². The minimum Gasteiger partial charge on any atom is -0.334 e. The lowest BCUT2D eigenvalue weighted by molar-refractivity contribution is 0.558. The summed E-state index contributed by atoms with van der Waals surface area (Å²) in [5.74, 6) is 6.44. The third-order valence-corrected chi connectivity index (χ3v) is 2.45. The van der Waals surface area contributed by atoms with E-state index in [-0.39, 0.29) is 6.04 Å². The Balaban J connectivity index is 2.37. The molecule has 0 aliphatic rings. The fourth-order valence-corrected chi connectivity index (χ4v) is 1.64. The minimum atomic E-state index is -0.162. The van der Waals surface area contributed by atoms with Gasteiger partial charge in [-0.05, 0) is 18.6 Å². The molecule has 0 spiro atoms. The van der Waals surface area contributed by atoms with E-state index in [1.807, 2.05) is 16.8 Å². The van der Waals surface area contributed by atoms with Gasteiger partial charge in [0.2, 0.25) is 0 Å². The number of hydrogen-bond acceptors (Lipinski definition) is 5. The molecular formula is C10H14N6. The highest BCUT2D eigenvalue weighted by Gasteiger charge is 2.17. The van der Waals surface area contributed by atoms with Crippen molar-refractivity contribution in [3.8, 4) is 0 Å². The van der Waals surface area contributed by atoms with E-state index in [0.29, 0.717) is 0 Å². The second kappa shape index (κ2) is 4.82. The maximum atomic E-state index is 5.57. The summed E-state index contributed by atoms with van der Waals surface area (Å²) < 4.78 is 2.03. The molecular weight excluding hydrogens is 204 g/mol. The van der Waals surface area contributed by atoms with Crippen molar-refractivity contribution in [2.45, 2.75) is 19.5 Å². The highest BCUT2D eigenvalue weighted by Crippen LogP contribution is 2.18. The summed E-state index contributed by atoms with van der Waals surface area (Å²) in [6.45, 7) is 2.91. The standard InChI is InChI=1S/C10H14N6/c1-2-16-6-5-12-10(16)9(15-11)8-3-4-13-14-7-8/h3-7,9,15H,2,11H2,1H3. The van der Waals surface area contributed by atoms with Crippen molar-refractivity contribution in [3.63, 3.8) is 0 Å². The Kier molecular flexibility index (Phi) is 3.23. The molecule has 6 nitrogen and oxygen atoms in total. The normalized spacial score (nSPS) is 12.6. The second-order valence-electron chi connectivity index (χ2n) is 3.35. The highest BCUT2D eigenvalue weighted by molar-refractivity contribution is 5.20. The topological polar surface area (TPSA) is 81.7 Å². The zero-order valence-electron chi connectivity index (χ0n) is 9.04. The SMILES string of the molecule is CCn1ccnc1C(NN)c1ccnnc1. The molecule has 0 aliphatic heterocycles. The Morgan fingerprint density at radius 1 is 1.44 bits per heavy atom. The predicted molar refractivity (Wildman–Crippen MR) is 59.1 cm³/mol. The van der Waals surface area contributed by atoms with E-state index in [2.05, 4.69) is 27.5 Å². The van der Waals surface area contributed by atoms with Gasteiger partial charge in [-0.2, -0.15) is 10.2 Å². The summed E-state index contributed by atoms with van der Waals surface area (Å²) in [4.78, 5) is 4.31. The molecule has 1 atom stereocenters. The first kappa shape index (κ1) is 10.7. The molecule has 0 aliphatic carbocycles. The van der Waals surface area contributed by atoms with Gasteiger partial charge in [-0.1, -0.05) is 0 Å². The first-order chi connectivity index (χ1) is 7.86. The smallest absolute Gasteiger partial charge is 0.131 e. The maximum Gasteiger partial charge on any atom is 0.131 e. The summed E-state index contributed by atoms with van der Waals surface area (Å²) in [7, 11) is 0. The van der Waals surface area contributed by atoms with Crippen molar-refractivity contribution < 1.29 is 0 Å². The second-order valence-corrected chi connectivity index (χ2v) is 3.35. The molecule has 2 heterocycles. The number of imidazole rings is 1. The van der Waals surface area contributed by atoms with Gasteiger partial charge in [-0.25, -0.2) is 10.4 Å². The molecule has 0 saturated carbocycles. The van der Waals surface area contributed by atoms with Gasteiger partial charge in [-0.3, -0.25) is 5.84 Å². The third kappa shape index (κ3) is 1.93. The lowest BCUT2D eigenvalue weighted by Crippen LogP contribution is -2.31. The molecule has 1 unspecified atom stereocenters. The minimum absolute atomic E-state index is 0.162. The van der Waals surface area contributed by atoms with Gasteiger partial charge in [0, 0.05) is 25.1 Å². The number of hydrazine groups is 1. The van der Waals surface area contributed by atoms with Crippen molar-refractivity contribution in [2.24, 2.45) is 5.84 Å². The molecule has 2 rings (SSSR count). The van der Waals surface area contributed by atoms with Crippen molar-refractivity contribution in [2.75, 3.05) is 0 Å². The van der Waals surface area contributed by atoms with Gasteiger partial charge in [0.05, 0.1) is 6.20 Å². The lowest BCUT2D eigenvalue weighted by atomic mass is 10.1. The van der Waals surface area contributed by atoms with E-state index in [9.17, 15) is 0 Å². The number of rotatable bonds is 4. The number of aromatic nitrogens is 4. The van der Waals surface area contributed by atoms with Gasteiger partial charge in [0.25, 0.3) is 0 Å². The molecule has 2 aromatic rings. The van der Waals surface area contributed by atoms with Crippen LogP contribution in [-0.2, 0) is 6.54 Å². The van der Waals surface area contributed by atoms with Crippen LogP contribution in [0.15, 0.2) is 30.9 Å². The molecule has 16 heavy (non-hydrogen) atoms. The molecule has 0 amide bonds. The van der Waals surface area contributed by atoms with Crippen LogP contribution >= 0.6 is 0 Å². The fourth-order valence-electron chi connectivity index (χ4n) is 1.64. The molecule has 84 valence electrons. The van der Waals surface area contributed by atoms with Gasteiger partial charge < -0.3 is 4.57 Å². The van der Waals surface area contributed by atoms with Crippen LogP contribution in [-0.4, -0.2) is 19.7 Å². The summed E-state index contributed by atoms with van der Waals surface area (Å²) in [6.07, 6.45) is 7.00. The average molecular weight is 218 g/mol. The van der Waals surface area contributed by atoms with Crippen LogP contribution in [0.25, 0.3) is 0 Å². The molecule has 0 aromatic carbocycles. The number of aryl methyl sites for hydroxylation is 1. The Morgan fingerprint density at radius 2 is 2.31 bits per heavy atom. The van der Waals surface area contributed by atoms with E-state index < -0.39 is 0 Å². The molecule has 0 radical (unpaired) electrons. The molecule has 0 fully saturated rings. The highest BCUT2D eigenvalue weighted by atomic mass is 15.3. The van der Waals surface area contributed by atoms with Gasteiger partial charge >= 0.3 is 0 Å². The fraction of sp³-hybridized carbons (Fsp3) is 0.300. The molecule has 0 bridgehead atoms. The van der Waals surface area contributed by atoms with Gasteiger partial charge in [0.1, 0.15) is 11.9 Å². The van der Waals surface area contributed by atoms with Gasteiger partial charge in [0.15, 0.2) is 0 Å². The van der Waals surface area contributed by atoms with Crippen LogP contribution in [0.3, 0.4) is 0 Å². The van der Waals surface area contributed by atoms with E-state index >= 15 is 0 Å². The number of nitrogens with one attached hydrogen (secondary N) is 1. The van der Waals surface area contributed by atoms with Gasteiger partial charge in [-0.15, -0.1) is 0 Å². The van der Waals surface area contributed by atoms with Crippen molar-refractivity contribution in [1.82, 2.24) is 25.2 Å². The summed E-state index contributed by atoms with van der Waals surface area (Å²) >= 11 is 0. The summed E-state index contributed by atoms with van der Waals surface area (Å²) in [6, 6.07) is 1.71. The van der Waals surface area contributed by atoms with Crippen LogP contribution in [0.1, 0.15) is 24.4 Å². The summed E-state index contributed by atoms with van der Waals surface area (Å²) in [5, 5.41) is 7.58. The monoisotopic (exact) mass is 218 g/mol. The molecule has 2 aromatic heterocycles. The number of hydrogen-bond donors (Lipinski definition) is 2. The predicted octanol–water partition coefficient (Wildman–Crippen LogP) is 0.246. The van der Waals surface area contributed by atoms with Crippen LogP contribution < -0.4 is 11.3 Å². The van der Waals surface area contributed by atoms with Crippen LogP contribution in [0.4, 0.5) is 0 Å². The number of nitrogens with zero attached hydrogens (tertiary/aromatic N) is 4. The van der Waals surface area contributed by atoms with Crippen molar-refractivity contribution in [3.05, 3.63) is 42.2 Å². The quantitative estimate of drug-likeness (QED) is 0.567. The average Bonchev–Trinajstić information content (AvgIpc) is 2.80. The van der Waals surface area contributed by atoms with E-state index in [1.54, 1.807) is 18.6 Å². The van der Waals surface area contributed by atoms with E-state index in [4.69, 9.17) is 5.84 Å². The maximum absolute atomic E-state index is 5.57. The van der Waals surface area contributed by atoms with E-state index in [0.717, 1.165) is 17.9 Å². The zero-order valence-corrected chi connectivity index (χ0v) is 9.04. The van der Waals surface area contributed by atoms with Crippen LogP contribution in [0.2, 0.25) is 0 Å². The molecule has 3 N–H and O–H groups in total. The third-order valence-electron chi connectivity index (χ3n) is 2.45. The van der Waals surface area contributed by atoms with Crippen molar-refractivity contribution in [1.29, 1.82) is 0 Å². The first-order valence-electron chi connectivity index (χ1n) is 5.10. The van der Waals surface area contributed by atoms with Crippen LogP contribution in [0.5, 0.6) is 0 Å². The molecule has 6 heteroatoms. The Labute approximate surface area is 93.5 Å². The Morgan fingerprint density at radius 3 is 2.94 bits per heavy atom. The van der Waals surface area contributed by atoms with Crippen LogP contribution in [0, 0.1) is 0 Å².